The lowest BCUT2D eigenvalue weighted by Crippen LogP contribution is -2.39. The first-order valence-electron chi connectivity index (χ1n) is 7.73. The predicted molar refractivity (Wildman–Crippen MR) is 95.8 cm³/mol. The van der Waals surface area contributed by atoms with E-state index in [0.29, 0.717) is 30.2 Å². The molecular formula is C18H20N2O3S. The topological polar surface area (TPSA) is 58.6 Å². The molecule has 1 aromatic carbocycles. The number of ether oxygens (including phenoxy) is 1. The molecule has 3 rings (SSSR count). The lowest BCUT2D eigenvalue weighted by atomic mass is 9.93. The van der Waals surface area contributed by atoms with E-state index in [0.717, 1.165) is 5.56 Å². The van der Waals surface area contributed by atoms with E-state index in [4.69, 9.17) is 4.74 Å². The average molecular weight is 344 g/mol. The molecule has 0 atom stereocenters. The second-order valence-electron chi connectivity index (χ2n) is 6.58. The molecule has 0 saturated carbocycles. The number of fused-ring (bicyclic) bond motifs is 1. The molecule has 126 valence electrons. The van der Waals surface area contributed by atoms with Gasteiger partial charge in [-0.1, -0.05) is 0 Å². The quantitative estimate of drug-likeness (QED) is 0.929. The van der Waals surface area contributed by atoms with Gasteiger partial charge in [0.15, 0.2) is 0 Å². The number of anilines is 2. The fourth-order valence-corrected chi connectivity index (χ4v) is 3.32. The number of hydrogen-bond donors (Lipinski definition) is 1. The summed E-state index contributed by atoms with van der Waals surface area (Å²) < 4.78 is 5.78. The zero-order valence-corrected chi connectivity index (χ0v) is 14.8. The predicted octanol–water partition coefficient (Wildman–Crippen LogP) is 3.31. The first kappa shape index (κ1) is 16.5. The first-order valence-corrected chi connectivity index (χ1v) is 8.67. The van der Waals surface area contributed by atoms with E-state index in [1.54, 1.807) is 41.5 Å². The third kappa shape index (κ3) is 3.28. The fraction of sp³-hybridized carbons (Fsp3) is 0.333. The van der Waals surface area contributed by atoms with Gasteiger partial charge in [0.2, 0.25) is 11.8 Å². The van der Waals surface area contributed by atoms with Crippen molar-refractivity contribution < 1.29 is 14.3 Å². The van der Waals surface area contributed by atoms with Crippen LogP contribution in [0.15, 0.2) is 35.0 Å². The first-order chi connectivity index (χ1) is 11.4. The summed E-state index contributed by atoms with van der Waals surface area (Å²) in [5.41, 5.74) is 1.72. The minimum Gasteiger partial charge on any atom is -0.490 e. The van der Waals surface area contributed by atoms with Crippen LogP contribution in [0.4, 0.5) is 11.4 Å². The molecule has 2 heterocycles. The molecule has 0 fully saturated rings. The smallest absolute Gasteiger partial charge is 0.235 e. The number of nitrogens with zero attached hydrogens (tertiary/aromatic N) is 1. The number of thiophene rings is 1. The molecule has 5 nitrogen and oxygen atoms in total. The number of carbonyl (C=O) groups excluding carboxylic acids is 2. The van der Waals surface area contributed by atoms with Crippen molar-refractivity contribution in [3.63, 3.8) is 0 Å². The zero-order valence-electron chi connectivity index (χ0n) is 14.0. The van der Waals surface area contributed by atoms with E-state index in [-0.39, 0.29) is 11.8 Å². The maximum atomic E-state index is 12.5. The van der Waals surface area contributed by atoms with Crippen molar-refractivity contribution in [2.45, 2.75) is 20.3 Å². The zero-order chi connectivity index (χ0) is 17.3. The van der Waals surface area contributed by atoms with Gasteiger partial charge in [-0.2, -0.15) is 11.3 Å². The Hall–Kier alpha value is -2.34. The molecule has 0 spiro atoms. The molecule has 1 aliphatic rings. The second kappa shape index (κ2) is 6.28. The Kier molecular flexibility index (Phi) is 4.32. The maximum absolute atomic E-state index is 12.5. The Morgan fingerprint density at radius 3 is 2.88 bits per heavy atom. The molecule has 2 amide bonds. The van der Waals surface area contributed by atoms with E-state index in [9.17, 15) is 9.59 Å². The van der Waals surface area contributed by atoms with Gasteiger partial charge in [0.25, 0.3) is 0 Å². The molecular weight excluding hydrogens is 324 g/mol. The Bertz CT molecular complexity index is 769. The van der Waals surface area contributed by atoms with Crippen molar-refractivity contribution in [3.8, 4) is 5.75 Å². The van der Waals surface area contributed by atoms with E-state index in [2.05, 4.69) is 5.32 Å². The summed E-state index contributed by atoms with van der Waals surface area (Å²) in [6, 6.07) is 7.30. The van der Waals surface area contributed by atoms with Crippen LogP contribution in [0.5, 0.6) is 5.75 Å². The largest absolute Gasteiger partial charge is 0.490 e. The summed E-state index contributed by atoms with van der Waals surface area (Å²) in [4.78, 5) is 26.3. The molecule has 6 heteroatoms. The number of hydrogen-bond acceptors (Lipinski definition) is 4. The van der Waals surface area contributed by atoms with Crippen molar-refractivity contribution >= 4 is 34.5 Å². The van der Waals surface area contributed by atoms with Crippen molar-refractivity contribution in [1.82, 2.24) is 0 Å². The van der Waals surface area contributed by atoms with E-state index >= 15 is 0 Å². The van der Waals surface area contributed by atoms with Gasteiger partial charge in [-0.3, -0.25) is 9.59 Å². The number of amides is 2. The summed E-state index contributed by atoms with van der Waals surface area (Å²) in [6.45, 7) is 4.05. The summed E-state index contributed by atoms with van der Waals surface area (Å²) in [7, 11) is 1.73. The van der Waals surface area contributed by atoms with Gasteiger partial charge in [0.05, 0.1) is 17.5 Å². The summed E-state index contributed by atoms with van der Waals surface area (Å²) >= 11 is 1.57. The van der Waals surface area contributed by atoms with Gasteiger partial charge in [-0.15, -0.1) is 0 Å². The fourth-order valence-electron chi connectivity index (χ4n) is 2.65. The van der Waals surface area contributed by atoms with Crippen LogP contribution in [0.1, 0.15) is 19.4 Å². The van der Waals surface area contributed by atoms with Crippen LogP contribution in [0, 0.1) is 5.41 Å². The lowest BCUT2D eigenvalue weighted by Gasteiger charge is -2.24. The highest BCUT2D eigenvalue weighted by molar-refractivity contribution is 7.08. The van der Waals surface area contributed by atoms with Gasteiger partial charge < -0.3 is 15.0 Å². The second-order valence-corrected chi connectivity index (χ2v) is 7.36. The SMILES string of the molecule is CN1C(=O)C(C)(C)COc2ccc(NC(=O)Cc3ccsc3)cc21. The van der Waals surface area contributed by atoms with Gasteiger partial charge in [-0.25, -0.2) is 0 Å². The molecule has 1 aliphatic heterocycles. The molecule has 0 bridgehead atoms. The van der Waals surface area contributed by atoms with Crippen LogP contribution in [0.25, 0.3) is 0 Å². The van der Waals surface area contributed by atoms with Crippen molar-refractivity contribution in [1.29, 1.82) is 0 Å². The third-order valence-electron chi connectivity index (χ3n) is 4.02. The van der Waals surface area contributed by atoms with Crippen LogP contribution >= 0.6 is 11.3 Å². The van der Waals surface area contributed by atoms with Crippen LogP contribution < -0.4 is 15.0 Å². The highest BCUT2D eigenvalue weighted by atomic mass is 32.1. The number of nitrogens with one attached hydrogen (secondary N) is 1. The molecule has 1 N–H and O–H groups in total. The van der Waals surface area contributed by atoms with Crippen LogP contribution in [-0.4, -0.2) is 25.5 Å². The van der Waals surface area contributed by atoms with Crippen LogP contribution in [0.2, 0.25) is 0 Å². The molecule has 0 unspecified atom stereocenters. The standard InChI is InChI=1S/C18H20N2O3S/c1-18(2)11-23-15-5-4-13(9-14(15)20(3)17(18)22)19-16(21)8-12-6-7-24-10-12/h4-7,9-10H,8,11H2,1-3H3,(H,19,21). The lowest BCUT2D eigenvalue weighted by molar-refractivity contribution is -0.127. The number of carbonyl (C=O) groups is 2. The Morgan fingerprint density at radius 2 is 2.17 bits per heavy atom. The number of benzene rings is 1. The molecule has 0 radical (unpaired) electrons. The van der Waals surface area contributed by atoms with Crippen molar-refractivity contribution in [3.05, 3.63) is 40.6 Å². The maximum Gasteiger partial charge on any atom is 0.235 e. The summed E-state index contributed by atoms with van der Waals surface area (Å²) in [5.74, 6) is 0.549. The van der Waals surface area contributed by atoms with Crippen LogP contribution in [0.3, 0.4) is 0 Å². The molecule has 0 saturated heterocycles. The highest BCUT2D eigenvalue weighted by Crippen LogP contribution is 2.37. The Morgan fingerprint density at radius 1 is 1.38 bits per heavy atom. The average Bonchev–Trinajstić information content (AvgIpc) is 3.02. The van der Waals surface area contributed by atoms with Crippen molar-refractivity contribution in [2.75, 3.05) is 23.9 Å². The monoisotopic (exact) mass is 344 g/mol. The highest BCUT2D eigenvalue weighted by Gasteiger charge is 2.36. The minimum absolute atomic E-state index is 0.0111. The van der Waals surface area contributed by atoms with Gasteiger partial charge in [0.1, 0.15) is 12.4 Å². The normalized spacial score (nSPS) is 16.1. The third-order valence-corrected chi connectivity index (χ3v) is 4.75. The minimum atomic E-state index is -0.587. The van der Waals surface area contributed by atoms with E-state index in [1.807, 2.05) is 30.7 Å². The molecule has 0 aliphatic carbocycles. The Balaban J connectivity index is 1.80. The van der Waals surface area contributed by atoms with Gasteiger partial charge in [-0.05, 0) is 54.4 Å². The van der Waals surface area contributed by atoms with Crippen molar-refractivity contribution in [2.24, 2.45) is 5.41 Å². The molecule has 2 aromatic rings. The van der Waals surface area contributed by atoms with Gasteiger partial charge >= 0.3 is 0 Å². The van der Waals surface area contributed by atoms with Crippen LogP contribution in [-0.2, 0) is 16.0 Å². The van der Waals surface area contributed by atoms with E-state index in [1.165, 1.54) is 0 Å². The van der Waals surface area contributed by atoms with Gasteiger partial charge in [0, 0.05) is 12.7 Å². The summed E-state index contributed by atoms with van der Waals surface area (Å²) in [6.07, 6.45) is 0.332. The summed E-state index contributed by atoms with van der Waals surface area (Å²) in [5, 5.41) is 6.79. The molecule has 1 aromatic heterocycles. The van der Waals surface area contributed by atoms with E-state index < -0.39 is 5.41 Å². The Labute approximate surface area is 145 Å². The molecule has 24 heavy (non-hydrogen) atoms. The number of rotatable bonds is 3.